The zero-order valence-corrected chi connectivity index (χ0v) is 11.1. The molecule has 0 aromatic heterocycles. The van der Waals surface area contributed by atoms with Crippen LogP contribution in [-0.2, 0) is 6.42 Å². The van der Waals surface area contributed by atoms with Crippen molar-refractivity contribution in [3.8, 4) is 0 Å². The molecule has 0 spiro atoms. The molecule has 0 saturated carbocycles. The lowest BCUT2D eigenvalue weighted by molar-refractivity contribution is 0.352. The van der Waals surface area contributed by atoms with E-state index in [1.165, 1.54) is 49.3 Å². The van der Waals surface area contributed by atoms with Crippen molar-refractivity contribution >= 4 is 5.69 Å². The molecular formula is C15H24N2. The van der Waals surface area contributed by atoms with Crippen molar-refractivity contribution < 1.29 is 0 Å². The molecule has 0 atom stereocenters. The number of benzene rings is 1. The van der Waals surface area contributed by atoms with Crippen LogP contribution in [-0.4, -0.2) is 31.1 Å². The molecule has 1 heterocycles. The highest BCUT2D eigenvalue weighted by molar-refractivity contribution is 5.48. The van der Waals surface area contributed by atoms with Gasteiger partial charge < -0.3 is 10.2 Å². The van der Waals surface area contributed by atoms with Gasteiger partial charge in [0.2, 0.25) is 0 Å². The van der Waals surface area contributed by atoms with Gasteiger partial charge in [-0.1, -0.05) is 13.0 Å². The molecule has 1 fully saturated rings. The third-order valence-corrected chi connectivity index (χ3v) is 3.68. The Morgan fingerprint density at radius 3 is 2.65 bits per heavy atom. The van der Waals surface area contributed by atoms with Gasteiger partial charge in [0, 0.05) is 18.8 Å². The number of rotatable bonds is 5. The summed E-state index contributed by atoms with van der Waals surface area (Å²) in [6, 6.07) is 6.71. The minimum Gasteiger partial charge on any atom is -0.384 e. The van der Waals surface area contributed by atoms with E-state index in [0.29, 0.717) is 0 Å². The molecule has 0 amide bonds. The minimum atomic E-state index is 1.06. The Morgan fingerprint density at radius 1 is 1.24 bits per heavy atom. The standard InChI is InChI=1S/C15H24N2/c1-3-14-6-7-15(12-13(14)2)16-8-11-17-9-4-5-10-17/h6-7,12,16H,3-5,8-11H2,1-2H3. The van der Waals surface area contributed by atoms with Crippen molar-refractivity contribution in [3.05, 3.63) is 29.3 Å². The summed E-state index contributed by atoms with van der Waals surface area (Å²) in [6.07, 6.45) is 3.88. The van der Waals surface area contributed by atoms with Crippen LogP contribution in [0.25, 0.3) is 0 Å². The minimum absolute atomic E-state index is 1.06. The average molecular weight is 232 g/mol. The zero-order valence-electron chi connectivity index (χ0n) is 11.1. The second kappa shape index (κ2) is 6.06. The van der Waals surface area contributed by atoms with Crippen molar-refractivity contribution in [2.75, 3.05) is 31.5 Å². The van der Waals surface area contributed by atoms with Gasteiger partial charge in [0.05, 0.1) is 0 Å². The van der Waals surface area contributed by atoms with Crippen LogP contribution in [0.5, 0.6) is 0 Å². The highest BCUT2D eigenvalue weighted by Gasteiger charge is 2.10. The first-order valence-corrected chi connectivity index (χ1v) is 6.85. The zero-order chi connectivity index (χ0) is 12.1. The van der Waals surface area contributed by atoms with Crippen LogP contribution in [0.15, 0.2) is 18.2 Å². The Balaban J connectivity index is 1.80. The van der Waals surface area contributed by atoms with E-state index in [1.807, 2.05) is 0 Å². The maximum absolute atomic E-state index is 3.52. The summed E-state index contributed by atoms with van der Waals surface area (Å²) < 4.78 is 0. The molecule has 1 N–H and O–H groups in total. The van der Waals surface area contributed by atoms with Crippen LogP contribution in [0.4, 0.5) is 5.69 Å². The molecule has 0 aliphatic carbocycles. The van der Waals surface area contributed by atoms with Gasteiger partial charge in [0.1, 0.15) is 0 Å². The van der Waals surface area contributed by atoms with Crippen molar-refractivity contribution in [3.63, 3.8) is 0 Å². The molecule has 1 aliphatic heterocycles. The molecule has 0 bridgehead atoms. The van der Waals surface area contributed by atoms with Crippen LogP contribution < -0.4 is 5.32 Å². The van der Waals surface area contributed by atoms with E-state index in [9.17, 15) is 0 Å². The van der Waals surface area contributed by atoms with Gasteiger partial charge in [-0.2, -0.15) is 0 Å². The fourth-order valence-corrected chi connectivity index (χ4v) is 2.57. The largest absolute Gasteiger partial charge is 0.384 e. The quantitative estimate of drug-likeness (QED) is 0.839. The first-order valence-electron chi connectivity index (χ1n) is 6.85. The lowest BCUT2D eigenvalue weighted by Gasteiger charge is -2.16. The monoisotopic (exact) mass is 232 g/mol. The van der Waals surface area contributed by atoms with E-state index in [1.54, 1.807) is 0 Å². The van der Waals surface area contributed by atoms with Gasteiger partial charge in [-0.15, -0.1) is 0 Å². The van der Waals surface area contributed by atoms with Gasteiger partial charge in [0.15, 0.2) is 0 Å². The lowest BCUT2D eigenvalue weighted by Crippen LogP contribution is -2.25. The fourth-order valence-electron chi connectivity index (χ4n) is 2.57. The summed E-state index contributed by atoms with van der Waals surface area (Å²) in [6.45, 7) is 9.22. The number of anilines is 1. The number of nitrogens with zero attached hydrogens (tertiary/aromatic N) is 1. The predicted octanol–water partition coefficient (Wildman–Crippen LogP) is 3.07. The SMILES string of the molecule is CCc1ccc(NCCN2CCCC2)cc1C. The Kier molecular flexibility index (Phi) is 4.43. The third kappa shape index (κ3) is 3.47. The highest BCUT2D eigenvalue weighted by Crippen LogP contribution is 2.15. The van der Waals surface area contributed by atoms with Gasteiger partial charge in [-0.25, -0.2) is 0 Å². The van der Waals surface area contributed by atoms with Crippen LogP contribution in [0.3, 0.4) is 0 Å². The number of hydrogen-bond acceptors (Lipinski definition) is 2. The van der Waals surface area contributed by atoms with Crippen molar-refractivity contribution in [1.82, 2.24) is 4.90 Å². The lowest BCUT2D eigenvalue weighted by atomic mass is 10.1. The van der Waals surface area contributed by atoms with Crippen molar-refractivity contribution in [2.45, 2.75) is 33.1 Å². The van der Waals surface area contributed by atoms with Crippen molar-refractivity contribution in [2.24, 2.45) is 0 Å². The van der Waals surface area contributed by atoms with Gasteiger partial charge in [-0.05, 0) is 62.5 Å². The second-order valence-electron chi connectivity index (χ2n) is 4.97. The molecule has 2 rings (SSSR count). The van der Waals surface area contributed by atoms with E-state index in [-0.39, 0.29) is 0 Å². The normalized spacial score (nSPS) is 16.4. The summed E-state index contributed by atoms with van der Waals surface area (Å²) in [4.78, 5) is 2.54. The molecule has 0 unspecified atom stereocenters. The number of nitrogens with one attached hydrogen (secondary N) is 1. The van der Waals surface area contributed by atoms with Crippen molar-refractivity contribution in [1.29, 1.82) is 0 Å². The maximum Gasteiger partial charge on any atom is 0.0343 e. The molecule has 2 heteroatoms. The topological polar surface area (TPSA) is 15.3 Å². The Labute approximate surface area is 105 Å². The summed E-state index contributed by atoms with van der Waals surface area (Å²) in [5.74, 6) is 0. The smallest absolute Gasteiger partial charge is 0.0343 e. The highest BCUT2D eigenvalue weighted by atomic mass is 15.1. The fraction of sp³-hybridized carbons (Fsp3) is 0.600. The Bertz CT molecular complexity index is 354. The van der Waals surface area contributed by atoms with E-state index >= 15 is 0 Å². The first-order chi connectivity index (χ1) is 8.29. The van der Waals surface area contributed by atoms with Gasteiger partial charge in [0.25, 0.3) is 0 Å². The van der Waals surface area contributed by atoms with Crippen LogP contribution in [0.1, 0.15) is 30.9 Å². The molecule has 1 saturated heterocycles. The van der Waals surface area contributed by atoms with Gasteiger partial charge >= 0.3 is 0 Å². The maximum atomic E-state index is 3.52. The van der Waals surface area contributed by atoms with Crippen LogP contribution in [0, 0.1) is 6.92 Å². The van der Waals surface area contributed by atoms with Crippen LogP contribution in [0.2, 0.25) is 0 Å². The summed E-state index contributed by atoms with van der Waals surface area (Å²) >= 11 is 0. The van der Waals surface area contributed by atoms with E-state index in [0.717, 1.165) is 13.0 Å². The molecule has 17 heavy (non-hydrogen) atoms. The second-order valence-corrected chi connectivity index (χ2v) is 4.97. The van der Waals surface area contributed by atoms with Gasteiger partial charge in [-0.3, -0.25) is 0 Å². The molecular weight excluding hydrogens is 208 g/mol. The number of hydrogen-bond donors (Lipinski definition) is 1. The van der Waals surface area contributed by atoms with E-state index < -0.39 is 0 Å². The molecule has 0 radical (unpaired) electrons. The summed E-state index contributed by atoms with van der Waals surface area (Å²) in [5.41, 5.74) is 4.12. The molecule has 2 nitrogen and oxygen atoms in total. The summed E-state index contributed by atoms with van der Waals surface area (Å²) in [7, 11) is 0. The first kappa shape index (κ1) is 12.4. The average Bonchev–Trinajstić information content (AvgIpc) is 2.82. The van der Waals surface area contributed by atoms with E-state index in [2.05, 4.69) is 42.3 Å². The van der Waals surface area contributed by atoms with Crippen LogP contribution >= 0.6 is 0 Å². The Hall–Kier alpha value is -1.02. The van der Waals surface area contributed by atoms with E-state index in [4.69, 9.17) is 0 Å². The molecule has 1 aliphatic rings. The number of aryl methyl sites for hydroxylation is 2. The Morgan fingerprint density at radius 2 is 2.00 bits per heavy atom. The third-order valence-electron chi connectivity index (χ3n) is 3.68. The summed E-state index contributed by atoms with van der Waals surface area (Å²) in [5, 5.41) is 3.52. The molecule has 1 aromatic carbocycles. The predicted molar refractivity (Wildman–Crippen MR) is 74.7 cm³/mol. The molecule has 94 valence electrons. The molecule has 1 aromatic rings. The number of likely N-dealkylation sites (tertiary alicyclic amines) is 1.